The van der Waals surface area contributed by atoms with Gasteiger partial charge in [-0.15, -0.1) is 0 Å². The Balaban J connectivity index is 0.000000470. The van der Waals surface area contributed by atoms with Crippen LogP contribution in [-0.2, 0) is 19.1 Å². The SMILES string of the molecule is NC(N)=NCCCC(NCC1(O)OCC(O)C(O)C1O)C(=O)O.NC(N)=NCCC[C@H](NC(O)[C@@]1(O)OC[C@@H](O)[C@@H](O)[C@@H]1O)C(=O)O. The maximum absolute atomic E-state index is 11.2. The van der Waals surface area contributed by atoms with Crippen molar-refractivity contribution in [3.63, 3.8) is 0 Å². The van der Waals surface area contributed by atoms with Gasteiger partial charge in [0, 0.05) is 13.1 Å². The number of nitrogens with zero attached hydrogens (tertiary/aromatic N) is 2. The number of aliphatic hydroxyl groups is 9. The lowest BCUT2D eigenvalue weighted by Gasteiger charge is -2.44. The molecule has 2 aliphatic heterocycles. The van der Waals surface area contributed by atoms with Gasteiger partial charge in [-0.1, -0.05) is 0 Å². The minimum Gasteiger partial charge on any atom is -0.480 e. The van der Waals surface area contributed by atoms with E-state index in [4.69, 9.17) is 42.6 Å². The number of aliphatic imine (C=N–C) groups is 2. The van der Waals surface area contributed by atoms with Crippen molar-refractivity contribution in [2.24, 2.45) is 32.9 Å². The molecule has 23 heteroatoms. The van der Waals surface area contributed by atoms with Gasteiger partial charge >= 0.3 is 11.9 Å². The van der Waals surface area contributed by atoms with E-state index in [1.54, 1.807) is 0 Å². The van der Waals surface area contributed by atoms with Crippen molar-refractivity contribution >= 4 is 23.9 Å². The molecule has 11 atom stereocenters. The molecule has 0 aromatic carbocycles. The molecule has 0 aromatic rings. The van der Waals surface area contributed by atoms with E-state index in [9.17, 15) is 55.5 Å². The van der Waals surface area contributed by atoms with Crippen molar-refractivity contribution in [2.45, 2.75) is 92.2 Å². The molecular formula is C24H48N8O15. The van der Waals surface area contributed by atoms with E-state index in [1.165, 1.54) is 0 Å². The van der Waals surface area contributed by atoms with Gasteiger partial charge in [-0.2, -0.15) is 0 Å². The number of nitrogens with one attached hydrogen (secondary N) is 2. The Bertz CT molecular complexity index is 1050. The van der Waals surface area contributed by atoms with Crippen LogP contribution in [0.15, 0.2) is 9.98 Å². The number of carboxylic acid groups (broad SMARTS) is 2. The average molecular weight is 689 g/mol. The molecule has 274 valence electrons. The van der Waals surface area contributed by atoms with Crippen molar-refractivity contribution in [2.75, 3.05) is 32.8 Å². The first kappa shape index (κ1) is 42.0. The van der Waals surface area contributed by atoms with Crippen LogP contribution in [0, 0.1) is 0 Å². The van der Waals surface area contributed by atoms with Gasteiger partial charge in [0.2, 0.25) is 11.6 Å². The Morgan fingerprint density at radius 3 is 1.68 bits per heavy atom. The summed E-state index contributed by atoms with van der Waals surface area (Å²) in [5, 5.41) is 111. The molecule has 0 bridgehead atoms. The normalized spacial score (nSPS) is 32.5. The monoisotopic (exact) mass is 688 g/mol. The van der Waals surface area contributed by atoms with Gasteiger partial charge in [-0.05, 0) is 25.7 Å². The number of rotatable bonds is 16. The molecule has 0 aromatic heterocycles. The average Bonchev–Trinajstić information content (AvgIpc) is 2.99. The van der Waals surface area contributed by atoms with Crippen LogP contribution in [0.2, 0.25) is 0 Å². The quantitative estimate of drug-likeness (QED) is 0.0309. The third-order valence-corrected chi connectivity index (χ3v) is 7.15. The first-order chi connectivity index (χ1) is 21.8. The topological polar surface area (TPSA) is 428 Å². The van der Waals surface area contributed by atoms with E-state index < -0.39 is 98.2 Å². The Kier molecular flexibility index (Phi) is 17.0. The van der Waals surface area contributed by atoms with E-state index in [0.717, 1.165) is 0 Å². The van der Waals surface area contributed by atoms with Gasteiger partial charge in [0.1, 0.15) is 48.7 Å². The zero-order chi connectivity index (χ0) is 36.1. The second kappa shape index (κ2) is 19.1. The molecule has 2 rings (SSSR count). The van der Waals surface area contributed by atoms with E-state index in [1.807, 2.05) is 0 Å². The van der Waals surface area contributed by atoms with Crippen LogP contribution in [0.4, 0.5) is 0 Å². The van der Waals surface area contributed by atoms with Gasteiger partial charge in [-0.25, -0.2) is 0 Å². The predicted molar refractivity (Wildman–Crippen MR) is 158 cm³/mol. The number of carboxylic acids is 2. The fourth-order valence-electron chi connectivity index (χ4n) is 4.32. The van der Waals surface area contributed by atoms with Crippen molar-refractivity contribution < 1.29 is 75.2 Å². The Hall–Kier alpha value is -3.04. The summed E-state index contributed by atoms with van der Waals surface area (Å²) in [6.45, 7) is -0.980. The molecule has 6 unspecified atom stereocenters. The van der Waals surface area contributed by atoms with Gasteiger partial charge < -0.3 is 88.6 Å². The fraction of sp³-hybridized carbons (Fsp3) is 0.833. The summed E-state index contributed by atoms with van der Waals surface area (Å²) in [5.74, 6) is -7.61. The first-order valence-electron chi connectivity index (χ1n) is 14.3. The molecule has 47 heavy (non-hydrogen) atoms. The highest BCUT2D eigenvalue weighted by Crippen LogP contribution is 2.27. The molecule has 21 N–H and O–H groups in total. The molecule has 23 nitrogen and oxygen atoms in total. The minimum absolute atomic E-state index is 0.000523. The predicted octanol–water partition coefficient (Wildman–Crippen LogP) is -8.91. The number of ether oxygens (including phenoxy) is 2. The van der Waals surface area contributed by atoms with Crippen molar-refractivity contribution in [1.82, 2.24) is 10.6 Å². The molecule has 0 saturated carbocycles. The van der Waals surface area contributed by atoms with E-state index in [2.05, 4.69) is 20.6 Å². The molecule has 0 aliphatic carbocycles. The van der Waals surface area contributed by atoms with Gasteiger partial charge in [-0.3, -0.25) is 30.2 Å². The Morgan fingerprint density at radius 2 is 1.21 bits per heavy atom. The van der Waals surface area contributed by atoms with E-state index in [0.29, 0.717) is 6.42 Å². The lowest BCUT2D eigenvalue weighted by molar-refractivity contribution is -0.356. The summed E-state index contributed by atoms with van der Waals surface area (Å²) >= 11 is 0. The Morgan fingerprint density at radius 1 is 0.766 bits per heavy atom. The second-order valence-corrected chi connectivity index (χ2v) is 10.9. The number of guanidine groups is 2. The van der Waals surface area contributed by atoms with Gasteiger partial charge in [0.15, 0.2) is 18.1 Å². The molecule has 0 spiro atoms. The summed E-state index contributed by atoms with van der Waals surface area (Å²) in [7, 11) is 0. The van der Waals surface area contributed by atoms with E-state index >= 15 is 0 Å². The minimum atomic E-state index is -2.69. The number of carbonyl (C=O) groups is 2. The molecular weight excluding hydrogens is 640 g/mol. The van der Waals surface area contributed by atoms with Crippen LogP contribution in [0.5, 0.6) is 0 Å². The fourth-order valence-corrected chi connectivity index (χ4v) is 4.32. The summed E-state index contributed by atoms with van der Waals surface area (Å²) < 4.78 is 9.73. The lowest BCUT2D eigenvalue weighted by Crippen LogP contribution is -2.69. The Labute approximate surface area is 268 Å². The van der Waals surface area contributed by atoms with Crippen LogP contribution in [-0.4, -0.2) is 179 Å². The molecule has 0 amide bonds. The van der Waals surface area contributed by atoms with Crippen LogP contribution < -0.4 is 33.6 Å². The molecule has 2 heterocycles. The lowest BCUT2D eigenvalue weighted by atomic mass is 9.95. The van der Waals surface area contributed by atoms with Crippen molar-refractivity contribution in [1.29, 1.82) is 0 Å². The highest BCUT2D eigenvalue weighted by atomic mass is 16.7. The number of hydrogen-bond acceptors (Lipinski definition) is 17. The summed E-state index contributed by atoms with van der Waals surface area (Å²) in [6, 6.07) is -2.34. The third kappa shape index (κ3) is 12.8. The molecule has 2 aliphatic rings. The van der Waals surface area contributed by atoms with Crippen LogP contribution in [0.25, 0.3) is 0 Å². The smallest absolute Gasteiger partial charge is 0.320 e. The summed E-state index contributed by atoms with van der Waals surface area (Å²) in [6.07, 6.45) is -11.2. The van der Waals surface area contributed by atoms with Crippen LogP contribution in [0.1, 0.15) is 25.7 Å². The van der Waals surface area contributed by atoms with Gasteiger partial charge in [0.25, 0.3) is 0 Å². The zero-order valence-corrected chi connectivity index (χ0v) is 25.3. The maximum Gasteiger partial charge on any atom is 0.320 e. The van der Waals surface area contributed by atoms with Crippen molar-refractivity contribution in [3.05, 3.63) is 0 Å². The first-order valence-corrected chi connectivity index (χ1v) is 14.3. The van der Waals surface area contributed by atoms with Gasteiger partial charge in [0.05, 0.1) is 19.8 Å². The molecule has 2 saturated heterocycles. The molecule has 0 radical (unpaired) electrons. The summed E-state index contributed by atoms with van der Waals surface area (Å²) in [5.41, 5.74) is 20.6. The zero-order valence-electron chi connectivity index (χ0n) is 25.3. The molecule has 2 fully saturated rings. The largest absolute Gasteiger partial charge is 0.480 e. The highest BCUT2D eigenvalue weighted by Gasteiger charge is 2.54. The number of aliphatic carboxylic acids is 2. The van der Waals surface area contributed by atoms with Crippen LogP contribution in [0.3, 0.4) is 0 Å². The standard InChI is InChI=1S/C12H24N4O8.C12H24N4O7/c13-11(14)15-3-1-2-5(9(20)21)16-10(22)12(23)8(19)7(18)6(17)4-24-12;13-11(14)15-3-1-2-6(10(20)21)16-5-12(22)9(19)8(18)7(17)4-23-12/h5-8,10,16-19,22-23H,1-4H2,(H,20,21)(H4,13,14,15);6-9,16-19,22H,1-5H2,(H,20,21)(H4,13,14,15)/t5-,6+,7+,8-,10?,12-;/m0./s1. The maximum atomic E-state index is 11.2. The second-order valence-electron chi connectivity index (χ2n) is 10.9. The van der Waals surface area contributed by atoms with E-state index in [-0.39, 0.29) is 44.3 Å². The number of hydrogen-bond donors (Lipinski definition) is 17. The van der Waals surface area contributed by atoms with Crippen LogP contribution >= 0.6 is 0 Å². The third-order valence-electron chi connectivity index (χ3n) is 7.15. The summed E-state index contributed by atoms with van der Waals surface area (Å²) in [4.78, 5) is 29.8. The number of aliphatic hydroxyl groups excluding tert-OH is 7. The highest BCUT2D eigenvalue weighted by molar-refractivity contribution is 5.76. The van der Waals surface area contributed by atoms with Crippen molar-refractivity contribution in [3.8, 4) is 0 Å². The number of nitrogens with two attached hydrogens (primary N) is 4.